The lowest BCUT2D eigenvalue weighted by Crippen LogP contribution is -2.32. The van der Waals surface area contributed by atoms with E-state index < -0.39 is 6.85 Å². The van der Waals surface area contributed by atoms with E-state index in [1.165, 1.54) is 5.56 Å². The molecule has 0 amide bonds. The van der Waals surface area contributed by atoms with E-state index in [4.69, 9.17) is 9.10 Å². The molecule has 0 unspecified atom stereocenters. The summed E-state index contributed by atoms with van der Waals surface area (Å²) < 4.78 is 28.3. The Kier molecular flexibility index (Phi) is 2.49. The maximum absolute atomic E-state index is 8.06. The van der Waals surface area contributed by atoms with Crippen LogP contribution in [0.4, 0.5) is 0 Å². The molecule has 0 N–H and O–H groups in total. The van der Waals surface area contributed by atoms with Crippen molar-refractivity contribution in [1.29, 1.82) is 0 Å². The second-order valence-electron chi connectivity index (χ2n) is 6.99. The van der Waals surface area contributed by atoms with Crippen LogP contribution >= 0.6 is 0 Å². The van der Waals surface area contributed by atoms with Crippen LogP contribution in [0.5, 0.6) is 0 Å². The van der Waals surface area contributed by atoms with Crippen molar-refractivity contribution in [3.63, 3.8) is 0 Å². The fourth-order valence-electron chi connectivity index (χ4n) is 3.95. The minimum atomic E-state index is -2.21. The van der Waals surface area contributed by atoms with E-state index in [9.17, 15) is 0 Å². The van der Waals surface area contributed by atoms with Gasteiger partial charge in [-0.3, -0.25) is 4.57 Å². The van der Waals surface area contributed by atoms with Crippen molar-refractivity contribution in [2.45, 2.75) is 27.1 Å². The van der Waals surface area contributed by atoms with Gasteiger partial charge in [0.15, 0.2) is 5.69 Å². The number of aromatic nitrogens is 4. The molecule has 1 aliphatic heterocycles. The highest BCUT2D eigenvalue weighted by atomic mass is 15.1. The number of hydrogen-bond acceptors (Lipinski definition) is 2. The number of rotatable bonds is 1. The van der Waals surface area contributed by atoms with Gasteiger partial charge in [-0.15, -0.1) is 0 Å². The first-order chi connectivity index (χ1) is 13.8. The monoisotopic (exact) mass is 344 g/mol. The summed E-state index contributed by atoms with van der Waals surface area (Å²) in [4.78, 5) is 9.22. The molecule has 4 heteroatoms. The highest BCUT2D eigenvalue weighted by Gasteiger charge is 2.27. The predicted molar refractivity (Wildman–Crippen MR) is 102 cm³/mol. The van der Waals surface area contributed by atoms with E-state index >= 15 is 0 Å². The van der Waals surface area contributed by atoms with Gasteiger partial charge in [0, 0.05) is 23.5 Å². The minimum Gasteiger partial charge on any atom is -0.295 e. The Morgan fingerprint density at radius 3 is 2.88 bits per heavy atom. The SMILES string of the molecule is [2H]C([2H])([2H])c1cc2nc3n(c2c(-c2cc(C)nc[n+]2C)c1C)-c1ccccc1C3. The fourth-order valence-corrected chi connectivity index (χ4v) is 3.95. The van der Waals surface area contributed by atoms with Crippen LogP contribution in [0.15, 0.2) is 42.7 Å². The number of fused-ring (bicyclic) bond motifs is 5. The van der Waals surface area contributed by atoms with E-state index in [0.717, 1.165) is 51.5 Å². The number of para-hydroxylation sites is 1. The first-order valence-corrected chi connectivity index (χ1v) is 8.72. The van der Waals surface area contributed by atoms with Crippen molar-refractivity contribution in [1.82, 2.24) is 14.5 Å². The van der Waals surface area contributed by atoms with Gasteiger partial charge in [-0.2, -0.15) is 0 Å². The lowest BCUT2D eigenvalue weighted by molar-refractivity contribution is -0.663. The Bertz CT molecular complexity index is 1300. The zero-order chi connectivity index (χ0) is 20.5. The summed E-state index contributed by atoms with van der Waals surface area (Å²) in [6.45, 7) is 1.63. The highest BCUT2D eigenvalue weighted by molar-refractivity contribution is 5.95. The number of hydrogen-bond donors (Lipinski definition) is 0. The molecule has 0 aliphatic carbocycles. The summed E-state index contributed by atoms with van der Waals surface area (Å²) in [5.41, 5.74) is 7.83. The van der Waals surface area contributed by atoms with E-state index in [2.05, 4.69) is 21.7 Å². The molecule has 0 atom stereocenters. The standard InChI is InChI=1S/C22H21N4/c1-13-9-17-22(21(15(13)3)19-10-14(2)23-12-25(19)4)26-18-8-6-5-7-16(18)11-20(26)24-17/h5-10,12H,11H2,1-4H3/q+1/i1D3. The van der Waals surface area contributed by atoms with Crippen molar-refractivity contribution in [3.8, 4) is 16.9 Å². The van der Waals surface area contributed by atoms with Gasteiger partial charge in [-0.05, 0) is 42.6 Å². The molecule has 0 saturated heterocycles. The molecular formula is C22H21N4+. The number of nitrogens with zero attached hydrogens (tertiary/aromatic N) is 4. The zero-order valence-corrected chi connectivity index (χ0v) is 15.0. The molecule has 4 nitrogen and oxygen atoms in total. The molecule has 0 spiro atoms. The van der Waals surface area contributed by atoms with E-state index in [1.54, 1.807) is 12.4 Å². The van der Waals surface area contributed by atoms with Crippen LogP contribution in [0.25, 0.3) is 28.0 Å². The lowest BCUT2D eigenvalue weighted by Gasteiger charge is -2.13. The molecule has 0 fully saturated rings. The van der Waals surface area contributed by atoms with Crippen LogP contribution in [0.3, 0.4) is 0 Å². The predicted octanol–water partition coefficient (Wildman–Crippen LogP) is 3.74. The van der Waals surface area contributed by atoms with Gasteiger partial charge in [-0.1, -0.05) is 23.2 Å². The van der Waals surface area contributed by atoms with Crippen molar-refractivity contribution in [2.24, 2.45) is 7.05 Å². The van der Waals surface area contributed by atoms with Crippen molar-refractivity contribution in [2.75, 3.05) is 0 Å². The van der Waals surface area contributed by atoms with Gasteiger partial charge >= 0.3 is 0 Å². The van der Waals surface area contributed by atoms with Gasteiger partial charge in [-0.25, -0.2) is 9.55 Å². The third-order valence-electron chi connectivity index (χ3n) is 5.27. The molecule has 0 radical (unpaired) electrons. The summed E-state index contributed by atoms with van der Waals surface area (Å²) in [5, 5.41) is 0. The molecule has 26 heavy (non-hydrogen) atoms. The third-order valence-corrected chi connectivity index (χ3v) is 5.27. The summed E-state index contributed by atoms with van der Waals surface area (Å²) in [5.74, 6) is 0.943. The quantitative estimate of drug-likeness (QED) is 0.434. The molecule has 0 saturated carbocycles. The average molecular weight is 344 g/mol. The second kappa shape index (κ2) is 5.24. The Balaban J connectivity index is 1.97. The maximum atomic E-state index is 8.06. The van der Waals surface area contributed by atoms with E-state index in [1.807, 2.05) is 43.7 Å². The minimum absolute atomic E-state index is 0.347. The zero-order valence-electron chi connectivity index (χ0n) is 18.0. The van der Waals surface area contributed by atoms with E-state index in [0.29, 0.717) is 5.56 Å². The largest absolute Gasteiger partial charge is 0.295 e. The topological polar surface area (TPSA) is 34.6 Å². The van der Waals surface area contributed by atoms with Gasteiger partial charge in [0.1, 0.15) is 11.5 Å². The smallest absolute Gasteiger partial charge is 0.286 e. The van der Waals surface area contributed by atoms with Crippen LogP contribution in [0, 0.1) is 20.7 Å². The molecule has 1 aliphatic rings. The van der Waals surface area contributed by atoms with Crippen molar-refractivity contribution >= 4 is 11.0 Å². The average Bonchev–Trinajstić information content (AvgIpc) is 3.18. The Morgan fingerprint density at radius 2 is 2.04 bits per heavy atom. The molecule has 128 valence electrons. The number of benzene rings is 2. The fraction of sp³-hybridized carbons (Fsp3) is 0.227. The first kappa shape index (κ1) is 12.4. The Labute approximate surface area is 157 Å². The summed E-state index contributed by atoms with van der Waals surface area (Å²) in [6, 6.07) is 12.0. The van der Waals surface area contributed by atoms with E-state index in [-0.39, 0.29) is 0 Å². The number of imidazole rings is 1. The second-order valence-corrected chi connectivity index (χ2v) is 6.99. The lowest BCUT2D eigenvalue weighted by atomic mass is 9.97. The van der Waals surface area contributed by atoms with Gasteiger partial charge in [0.05, 0.1) is 29.3 Å². The van der Waals surface area contributed by atoms with Crippen molar-refractivity contribution in [3.05, 3.63) is 70.9 Å². The Hall–Kier alpha value is -3.01. The molecule has 2 aromatic carbocycles. The maximum Gasteiger partial charge on any atom is 0.286 e. The van der Waals surface area contributed by atoms with Crippen LogP contribution in [0.1, 0.15) is 32.3 Å². The highest BCUT2D eigenvalue weighted by Crippen LogP contribution is 2.38. The third kappa shape index (κ3) is 1.99. The summed E-state index contributed by atoms with van der Waals surface area (Å²) in [6.07, 6.45) is 2.51. The van der Waals surface area contributed by atoms with Gasteiger partial charge in [0.25, 0.3) is 6.33 Å². The van der Waals surface area contributed by atoms with Gasteiger partial charge < -0.3 is 0 Å². The number of aryl methyl sites for hydroxylation is 3. The van der Waals surface area contributed by atoms with Gasteiger partial charge in [0.2, 0.25) is 0 Å². The van der Waals surface area contributed by atoms with Crippen LogP contribution in [-0.4, -0.2) is 14.5 Å². The van der Waals surface area contributed by atoms with Crippen LogP contribution in [0.2, 0.25) is 0 Å². The molecular weight excluding hydrogens is 320 g/mol. The normalized spacial score (nSPS) is 14.7. The van der Waals surface area contributed by atoms with Crippen LogP contribution in [-0.2, 0) is 13.5 Å². The first-order valence-electron chi connectivity index (χ1n) is 10.2. The Morgan fingerprint density at radius 1 is 1.19 bits per heavy atom. The summed E-state index contributed by atoms with van der Waals surface area (Å²) >= 11 is 0. The molecule has 0 bridgehead atoms. The summed E-state index contributed by atoms with van der Waals surface area (Å²) in [7, 11) is 1.93. The molecule has 2 aromatic heterocycles. The molecule has 3 heterocycles. The van der Waals surface area contributed by atoms with Crippen LogP contribution < -0.4 is 4.57 Å². The molecule has 5 rings (SSSR count). The van der Waals surface area contributed by atoms with Crippen molar-refractivity contribution < 1.29 is 8.68 Å². The molecule has 4 aromatic rings.